The van der Waals surface area contributed by atoms with Crippen molar-refractivity contribution in [3.05, 3.63) is 0 Å². The monoisotopic (exact) mass is 374 g/mol. The second-order valence-electron chi connectivity index (χ2n) is 9.06. The highest BCUT2D eigenvalue weighted by atomic mass is 16.6. The molecule has 8 heteroatoms. The predicted octanol–water partition coefficient (Wildman–Crippen LogP) is 4.07. The van der Waals surface area contributed by atoms with Gasteiger partial charge in [-0.05, 0) is 69.2 Å². The van der Waals surface area contributed by atoms with Crippen molar-refractivity contribution in [1.29, 1.82) is 0 Å². The summed E-state index contributed by atoms with van der Waals surface area (Å²) >= 11 is 0. The van der Waals surface area contributed by atoms with E-state index in [1.54, 1.807) is 69.2 Å². The molecule has 0 aliphatic rings. The number of nitrogens with one attached hydrogen (secondary N) is 1. The average molecular weight is 374 g/mol. The van der Waals surface area contributed by atoms with Gasteiger partial charge in [-0.2, -0.15) is 0 Å². The highest BCUT2D eigenvalue weighted by molar-refractivity contribution is 5.88. The summed E-state index contributed by atoms with van der Waals surface area (Å²) in [7, 11) is 0. The van der Waals surface area contributed by atoms with Gasteiger partial charge in [-0.25, -0.2) is 19.3 Å². The maximum Gasteiger partial charge on any atom is 0.420 e. The number of nitrogens with zero attached hydrogens (tertiary/aromatic N) is 1. The SMILES string of the molecule is C[C@@H](CNC(=O)OC(C)(C)C)N(C(=O)OC(C)(C)C)C(=O)OC(C)(C)C. The molecule has 8 nitrogen and oxygen atoms in total. The maximum absolute atomic E-state index is 12.5. The van der Waals surface area contributed by atoms with E-state index in [2.05, 4.69) is 5.32 Å². The molecule has 0 aromatic carbocycles. The van der Waals surface area contributed by atoms with Crippen LogP contribution in [-0.2, 0) is 14.2 Å². The van der Waals surface area contributed by atoms with Gasteiger partial charge >= 0.3 is 18.3 Å². The number of amides is 3. The molecule has 0 rings (SSSR count). The molecule has 0 aromatic rings. The molecule has 0 saturated heterocycles. The van der Waals surface area contributed by atoms with Crippen molar-refractivity contribution in [2.75, 3.05) is 6.54 Å². The van der Waals surface area contributed by atoms with E-state index in [9.17, 15) is 14.4 Å². The molecule has 0 aliphatic carbocycles. The Morgan fingerprint density at radius 2 is 1.12 bits per heavy atom. The Morgan fingerprint density at radius 1 is 0.769 bits per heavy atom. The summed E-state index contributed by atoms with van der Waals surface area (Å²) in [5.41, 5.74) is -2.21. The molecule has 0 saturated carbocycles. The quantitative estimate of drug-likeness (QED) is 0.748. The molecule has 0 spiro atoms. The van der Waals surface area contributed by atoms with E-state index in [0.717, 1.165) is 4.90 Å². The van der Waals surface area contributed by atoms with Crippen LogP contribution in [0.15, 0.2) is 0 Å². The van der Waals surface area contributed by atoms with Crippen LogP contribution in [0.1, 0.15) is 69.2 Å². The van der Waals surface area contributed by atoms with Crippen molar-refractivity contribution >= 4 is 18.3 Å². The third kappa shape index (κ3) is 10.8. The van der Waals surface area contributed by atoms with Crippen LogP contribution in [-0.4, -0.2) is 52.6 Å². The summed E-state index contributed by atoms with van der Waals surface area (Å²) in [5.74, 6) is 0. The lowest BCUT2D eigenvalue weighted by atomic mass is 10.2. The number of ether oxygens (including phenoxy) is 3. The van der Waals surface area contributed by atoms with Crippen molar-refractivity contribution < 1.29 is 28.6 Å². The first-order valence-electron chi connectivity index (χ1n) is 8.63. The Hall–Kier alpha value is -1.99. The van der Waals surface area contributed by atoms with Crippen molar-refractivity contribution in [2.24, 2.45) is 0 Å². The standard InChI is InChI=1S/C18H34N2O6/c1-12(11-19-13(21)24-16(2,3)4)20(14(22)25-17(5,6)7)15(23)26-18(8,9)10/h12H,11H2,1-10H3,(H,19,21)/t12-/m0/s1. The minimum Gasteiger partial charge on any atom is -0.444 e. The first-order valence-corrected chi connectivity index (χ1v) is 8.63. The molecule has 0 fully saturated rings. The summed E-state index contributed by atoms with van der Waals surface area (Å²) in [5, 5.41) is 2.54. The second kappa shape index (κ2) is 8.60. The van der Waals surface area contributed by atoms with Crippen LogP contribution >= 0.6 is 0 Å². The lowest BCUT2D eigenvalue weighted by molar-refractivity contribution is -0.00652. The van der Waals surface area contributed by atoms with Gasteiger partial charge in [0.15, 0.2) is 0 Å². The maximum atomic E-state index is 12.5. The molecule has 3 amide bonds. The van der Waals surface area contributed by atoms with E-state index < -0.39 is 41.1 Å². The lowest BCUT2D eigenvalue weighted by Gasteiger charge is -2.32. The fourth-order valence-corrected chi connectivity index (χ4v) is 1.69. The highest BCUT2D eigenvalue weighted by Gasteiger charge is 2.35. The van der Waals surface area contributed by atoms with Crippen LogP contribution in [0.3, 0.4) is 0 Å². The fourth-order valence-electron chi connectivity index (χ4n) is 1.69. The number of imide groups is 1. The number of rotatable bonds is 3. The zero-order valence-electron chi connectivity index (χ0n) is 17.7. The molecule has 0 aliphatic heterocycles. The number of hydrogen-bond acceptors (Lipinski definition) is 6. The molecule has 0 bridgehead atoms. The fraction of sp³-hybridized carbons (Fsp3) is 0.833. The number of carbonyl (C=O) groups is 3. The first-order chi connectivity index (χ1) is 11.4. The van der Waals surface area contributed by atoms with Crippen LogP contribution in [0.25, 0.3) is 0 Å². The van der Waals surface area contributed by atoms with Crippen LogP contribution in [0.4, 0.5) is 14.4 Å². The average Bonchev–Trinajstić information content (AvgIpc) is 2.29. The molecule has 26 heavy (non-hydrogen) atoms. The van der Waals surface area contributed by atoms with Crippen LogP contribution in [0.5, 0.6) is 0 Å². The third-order valence-corrected chi connectivity index (χ3v) is 2.56. The van der Waals surface area contributed by atoms with Crippen LogP contribution in [0.2, 0.25) is 0 Å². The van der Waals surface area contributed by atoms with Gasteiger partial charge in [-0.3, -0.25) is 0 Å². The topological polar surface area (TPSA) is 94.2 Å². The Labute approximate surface area is 156 Å². The summed E-state index contributed by atoms with van der Waals surface area (Å²) in [6.45, 7) is 17.0. The number of hydrogen-bond donors (Lipinski definition) is 1. The van der Waals surface area contributed by atoms with Gasteiger partial charge in [0.1, 0.15) is 16.8 Å². The molecule has 0 radical (unpaired) electrons. The van der Waals surface area contributed by atoms with Crippen molar-refractivity contribution in [3.8, 4) is 0 Å². The van der Waals surface area contributed by atoms with E-state index in [1.807, 2.05) is 0 Å². The van der Waals surface area contributed by atoms with Gasteiger partial charge in [0.25, 0.3) is 0 Å². The van der Waals surface area contributed by atoms with Gasteiger partial charge in [0.2, 0.25) is 0 Å². The van der Waals surface area contributed by atoms with Gasteiger partial charge < -0.3 is 19.5 Å². The molecule has 1 N–H and O–H groups in total. The smallest absolute Gasteiger partial charge is 0.420 e. The molecular weight excluding hydrogens is 340 g/mol. The zero-order chi connectivity index (χ0) is 20.9. The van der Waals surface area contributed by atoms with Gasteiger partial charge in [0.05, 0.1) is 6.04 Å². The number of carbonyl (C=O) groups excluding carboxylic acids is 3. The van der Waals surface area contributed by atoms with Gasteiger partial charge in [-0.1, -0.05) is 0 Å². The zero-order valence-corrected chi connectivity index (χ0v) is 17.7. The largest absolute Gasteiger partial charge is 0.444 e. The van der Waals surface area contributed by atoms with Crippen LogP contribution < -0.4 is 5.32 Å². The van der Waals surface area contributed by atoms with Crippen molar-refractivity contribution in [1.82, 2.24) is 10.2 Å². The van der Waals surface area contributed by atoms with E-state index in [0.29, 0.717) is 0 Å². The predicted molar refractivity (Wildman–Crippen MR) is 98.0 cm³/mol. The van der Waals surface area contributed by atoms with Crippen LogP contribution in [0, 0.1) is 0 Å². The Bertz CT molecular complexity index is 483. The summed E-state index contributed by atoms with van der Waals surface area (Å²) in [4.78, 5) is 37.6. The third-order valence-electron chi connectivity index (χ3n) is 2.56. The number of alkyl carbamates (subject to hydrolysis) is 1. The van der Waals surface area contributed by atoms with Crippen molar-refractivity contribution in [2.45, 2.75) is 92.1 Å². The molecule has 1 atom stereocenters. The summed E-state index contributed by atoms with van der Waals surface area (Å²) in [6.07, 6.45) is -2.33. The second-order valence-corrected chi connectivity index (χ2v) is 9.06. The van der Waals surface area contributed by atoms with Crippen molar-refractivity contribution in [3.63, 3.8) is 0 Å². The minimum atomic E-state index is -0.842. The van der Waals surface area contributed by atoms with E-state index >= 15 is 0 Å². The Kier molecular flexibility index (Phi) is 7.94. The molecular formula is C18H34N2O6. The summed E-state index contributed by atoms with van der Waals surface area (Å²) in [6, 6.07) is -0.702. The van der Waals surface area contributed by atoms with Gasteiger partial charge in [0, 0.05) is 6.54 Å². The first kappa shape index (κ1) is 24.0. The Balaban J connectivity index is 5.16. The molecule has 152 valence electrons. The Morgan fingerprint density at radius 3 is 1.42 bits per heavy atom. The van der Waals surface area contributed by atoms with Gasteiger partial charge in [-0.15, -0.1) is 0 Å². The molecule has 0 aromatic heterocycles. The molecule has 0 heterocycles. The summed E-state index contributed by atoms with van der Waals surface area (Å²) < 4.78 is 15.7. The van der Waals surface area contributed by atoms with E-state index in [4.69, 9.17) is 14.2 Å². The molecule has 0 unspecified atom stereocenters. The van der Waals surface area contributed by atoms with E-state index in [-0.39, 0.29) is 6.54 Å². The normalized spacial score (nSPS) is 13.5. The highest BCUT2D eigenvalue weighted by Crippen LogP contribution is 2.16. The lowest BCUT2D eigenvalue weighted by Crippen LogP contribution is -2.51. The minimum absolute atomic E-state index is 0.00655. The van der Waals surface area contributed by atoms with E-state index in [1.165, 1.54) is 0 Å².